The maximum Gasteiger partial charge on any atom is 0.269 e. The van der Waals surface area contributed by atoms with Gasteiger partial charge in [0.05, 0.1) is 11.0 Å². The summed E-state index contributed by atoms with van der Waals surface area (Å²) in [5, 5.41) is 22.7. The van der Waals surface area contributed by atoms with E-state index in [-0.39, 0.29) is 17.8 Å². The highest BCUT2D eigenvalue weighted by Gasteiger charge is 2.22. The molecule has 7 nitrogen and oxygen atoms in total. The smallest absolute Gasteiger partial charge is 0.269 e. The Balaban J connectivity index is 1.75. The fourth-order valence-electron chi connectivity index (χ4n) is 3.35. The second-order valence-electron chi connectivity index (χ2n) is 8.18. The first-order chi connectivity index (χ1) is 14.3. The van der Waals surface area contributed by atoms with Crippen LogP contribution in [0.1, 0.15) is 69.6 Å². The lowest BCUT2D eigenvalue weighted by molar-refractivity contribution is -0.384. The normalized spacial score (nSPS) is 13.6. The number of aromatic nitrogens is 2. The zero-order valence-electron chi connectivity index (χ0n) is 18.0. The summed E-state index contributed by atoms with van der Waals surface area (Å²) in [6, 6.07) is 14.8. The Morgan fingerprint density at radius 3 is 2.03 bits per heavy atom. The Labute approximate surface area is 176 Å². The Morgan fingerprint density at radius 2 is 1.50 bits per heavy atom. The largest absolute Gasteiger partial charge is 0.419 e. The van der Waals surface area contributed by atoms with Gasteiger partial charge < -0.3 is 4.42 Å². The summed E-state index contributed by atoms with van der Waals surface area (Å²) in [6.07, 6.45) is 0. The van der Waals surface area contributed by atoms with Crippen LogP contribution < -0.4 is 5.32 Å². The first-order valence-corrected chi connectivity index (χ1v) is 10.2. The summed E-state index contributed by atoms with van der Waals surface area (Å²) >= 11 is 0. The Hall–Kier alpha value is -3.06. The molecule has 1 heterocycles. The number of non-ortho nitro benzene ring substituents is 1. The van der Waals surface area contributed by atoms with E-state index in [1.54, 1.807) is 12.1 Å². The molecule has 0 aliphatic carbocycles. The summed E-state index contributed by atoms with van der Waals surface area (Å²) < 4.78 is 5.84. The van der Waals surface area contributed by atoms with Crippen molar-refractivity contribution >= 4 is 5.69 Å². The monoisotopic (exact) mass is 408 g/mol. The van der Waals surface area contributed by atoms with E-state index in [4.69, 9.17) is 4.42 Å². The van der Waals surface area contributed by atoms with Gasteiger partial charge >= 0.3 is 0 Å². The van der Waals surface area contributed by atoms with Crippen LogP contribution in [0.15, 0.2) is 52.9 Å². The van der Waals surface area contributed by atoms with Crippen molar-refractivity contribution in [1.82, 2.24) is 15.5 Å². The lowest BCUT2D eigenvalue weighted by Gasteiger charge is -2.26. The van der Waals surface area contributed by atoms with Crippen molar-refractivity contribution in [2.75, 3.05) is 0 Å². The molecular formula is C23H28N4O3. The van der Waals surface area contributed by atoms with Crippen LogP contribution >= 0.6 is 0 Å². The van der Waals surface area contributed by atoms with E-state index in [0.29, 0.717) is 29.2 Å². The number of benzene rings is 2. The number of nitrogens with one attached hydrogen (secondary N) is 1. The Kier molecular flexibility index (Phi) is 6.62. The molecule has 0 unspecified atom stereocenters. The predicted octanol–water partition coefficient (Wildman–Crippen LogP) is 5.82. The fraction of sp³-hybridized carbons (Fsp3) is 0.391. The molecule has 0 fully saturated rings. The number of nitro benzene ring substituents is 1. The third-order valence-electron chi connectivity index (χ3n) is 5.19. The van der Waals surface area contributed by atoms with Crippen molar-refractivity contribution in [2.45, 2.75) is 52.6 Å². The van der Waals surface area contributed by atoms with E-state index in [9.17, 15) is 10.1 Å². The second kappa shape index (κ2) is 9.17. The molecule has 1 N–H and O–H groups in total. The number of nitro groups is 1. The van der Waals surface area contributed by atoms with E-state index in [1.807, 2.05) is 6.92 Å². The average molecular weight is 409 g/mol. The van der Waals surface area contributed by atoms with Crippen LogP contribution in [-0.4, -0.2) is 15.1 Å². The summed E-state index contributed by atoms with van der Waals surface area (Å²) in [4.78, 5) is 10.4. The Morgan fingerprint density at radius 1 is 0.900 bits per heavy atom. The number of hydrogen-bond acceptors (Lipinski definition) is 6. The second-order valence-corrected chi connectivity index (χ2v) is 8.18. The minimum Gasteiger partial charge on any atom is -0.419 e. The molecule has 30 heavy (non-hydrogen) atoms. The first kappa shape index (κ1) is 21.6. The van der Waals surface area contributed by atoms with Crippen LogP contribution in [0.4, 0.5) is 5.69 Å². The van der Waals surface area contributed by atoms with Gasteiger partial charge in [-0.25, -0.2) is 0 Å². The zero-order valence-corrected chi connectivity index (χ0v) is 18.0. The van der Waals surface area contributed by atoms with Gasteiger partial charge in [-0.15, -0.1) is 10.2 Å². The molecule has 0 saturated heterocycles. The van der Waals surface area contributed by atoms with Crippen LogP contribution in [-0.2, 0) is 0 Å². The highest BCUT2D eigenvalue weighted by molar-refractivity contribution is 5.55. The highest BCUT2D eigenvalue weighted by Crippen LogP contribution is 2.28. The van der Waals surface area contributed by atoms with E-state index in [1.165, 1.54) is 23.3 Å². The predicted molar refractivity (Wildman–Crippen MR) is 116 cm³/mol. The molecule has 3 aromatic rings. The summed E-state index contributed by atoms with van der Waals surface area (Å²) in [5.41, 5.74) is 3.21. The van der Waals surface area contributed by atoms with Crippen LogP contribution in [0, 0.1) is 16.0 Å². The number of rotatable bonds is 8. The molecule has 3 rings (SSSR count). The third-order valence-corrected chi connectivity index (χ3v) is 5.19. The molecule has 1 aromatic heterocycles. The van der Waals surface area contributed by atoms with Crippen molar-refractivity contribution in [2.24, 2.45) is 5.92 Å². The molecular weight excluding hydrogens is 380 g/mol. The van der Waals surface area contributed by atoms with Gasteiger partial charge in [-0.3, -0.25) is 15.4 Å². The number of hydrogen-bond donors (Lipinski definition) is 1. The molecule has 0 bridgehead atoms. The molecule has 2 atom stereocenters. The molecule has 0 saturated carbocycles. The topological polar surface area (TPSA) is 94.1 Å². The van der Waals surface area contributed by atoms with E-state index in [2.05, 4.69) is 67.5 Å². The van der Waals surface area contributed by atoms with Gasteiger partial charge in [0, 0.05) is 23.7 Å². The van der Waals surface area contributed by atoms with Crippen LogP contribution in [0.5, 0.6) is 0 Å². The quantitative estimate of drug-likeness (QED) is 0.373. The van der Waals surface area contributed by atoms with Crippen LogP contribution in [0.3, 0.4) is 0 Å². The molecule has 0 aliphatic rings. The van der Waals surface area contributed by atoms with Crippen molar-refractivity contribution < 1.29 is 9.34 Å². The number of nitrogens with zero attached hydrogens (tertiary/aromatic N) is 3. The lowest BCUT2D eigenvalue weighted by atomic mass is 9.93. The molecule has 7 heteroatoms. The maximum atomic E-state index is 10.8. The molecule has 2 aromatic carbocycles. The van der Waals surface area contributed by atoms with Crippen molar-refractivity contribution in [3.63, 3.8) is 0 Å². The summed E-state index contributed by atoms with van der Waals surface area (Å²) in [6.45, 7) is 10.7. The SMILES string of the molecule is CC(C)c1ccc([C@H](N[C@@H](C)c2nnc(-c3ccc([N+](=O)[O-])cc3)o2)C(C)C)cc1. The Bertz CT molecular complexity index is 978. The highest BCUT2D eigenvalue weighted by atomic mass is 16.6. The van der Waals surface area contributed by atoms with Crippen molar-refractivity contribution in [3.8, 4) is 11.5 Å². The van der Waals surface area contributed by atoms with Crippen LogP contribution in [0.25, 0.3) is 11.5 Å². The van der Waals surface area contributed by atoms with Crippen molar-refractivity contribution in [3.05, 3.63) is 75.7 Å². The molecule has 0 aliphatic heterocycles. The molecule has 0 radical (unpaired) electrons. The van der Waals surface area contributed by atoms with Gasteiger partial charge in [0.15, 0.2) is 0 Å². The minimum absolute atomic E-state index is 0.0248. The fourth-order valence-corrected chi connectivity index (χ4v) is 3.35. The summed E-state index contributed by atoms with van der Waals surface area (Å²) in [5.74, 6) is 1.69. The van der Waals surface area contributed by atoms with Crippen molar-refractivity contribution in [1.29, 1.82) is 0 Å². The summed E-state index contributed by atoms with van der Waals surface area (Å²) in [7, 11) is 0. The molecule has 0 spiro atoms. The van der Waals surface area contributed by atoms with Gasteiger partial charge in [0.25, 0.3) is 5.69 Å². The first-order valence-electron chi connectivity index (χ1n) is 10.2. The van der Waals surface area contributed by atoms with Gasteiger partial charge in [-0.05, 0) is 42.0 Å². The average Bonchev–Trinajstić information content (AvgIpc) is 3.22. The molecule has 158 valence electrons. The van der Waals surface area contributed by atoms with Crippen LogP contribution in [0.2, 0.25) is 0 Å². The molecule has 0 amide bonds. The van der Waals surface area contributed by atoms with E-state index >= 15 is 0 Å². The lowest BCUT2D eigenvalue weighted by Crippen LogP contribution is -2.28. The minimum atomic E-state index is -0.436. The van der Waals surface area contributed by atoms with Gasteiger partial charge in [0.2, 0.25) is 11.8 Å². The standard InChI is InChI=1S/C23H28N4O3/c1-14(2)17-6-8-18(9-7-17)21(15(3)4)24-16(5)22-25-26-23(30-22)19-10-12-20(13-11-19)27(28)29/h6-16,21,24H,1-5H3/t16-,21+/m0/s1. The van der Waals surface area contributed by atoms with Gasteiger partial charge in [-0.1, -0.05) is 52.0 Å². The van der Waals surface area contributed by atoms with E-state index < -0.39 is 4.92 Å². The van der Waals surface area contributed by atoms with Gasteiger partial charge in [-0.2, -0.15) is 0 Å². The zero-order chi connectivity index (χ0) is 21.8. The third kappa shape index (κ3) is 4.91. The maximum absolute atomic E-state index is 10.8. The van der Waals surface area contributed by atoms with Gasteiger partial charge in [0.1, 0.15) is 0 Å². The van der Waals surface area contributed by atoms with E-state index in [0.717, 1.165) is 0 Å².